The third kappa shape index (κ3) is 7.70. The summed E-state index contributed by atoms with van der Waals surface area (Å²) in [4.78, 5) is 12.1. The number of esters is 1. The van der Waals surface area contributed by atoms with Crippen LogP contribution in [0.15, 0.2) is 17.5 Å². The summed E-state index contributed by atoms with van der Waals surface area (Å²) in [6.07, 6.45) is 7.55. The average molecular weight is 311 g/mol. The molecule has 0 bridgehead atoms. The molecule has 0 aromatic carbocycles. The van der Waals surface area contributed by atoms with E-state index in [1.54, 1.807) is 6.07 Å². The molecule has 21 heavy (non-hydrogen) atoms. The van der Waals surface area contributed by atoms with Gasteiger partial charge in [-0.15, -0.1) is 11.3 Å². The minimum absolute atomic E-state index is 0.200. The quantitative estimate of drug-likeness (QED) is 0.268. The first-order valence-corrected chi connectivity index (χ1v) is 8.37. The number of guanidine groups is 1. The predicted molar refractivity (Wildman–Crippen MR) is 86.8 cm³/mol. The molecule has 0 radical (unpaired) electrons. The van der Waals surface area contributed by atoms with E-state index in [4.69, 9.17) is 15.9 Å². The lowest BCUT2D eigenvalue weighted by Gasteiger charge is -2.16. The summed E-state index contributed by atoms with van der Waals surface area (Å²) in [5.74, 6) is -0.574. The first kappa shape index (κ1) is 17.5. The van der Waals surface area contributed by atoms with E-state index in [0.29, 0.717) is 11.5 Å². The molecule has 1 unspecified atom stereocenters. The number of rotatable bonds is 10. The standard InChI is InChI=1S/C15H25N3O2S/c1-2-3-4-5-6-7-9-12(18-15(16)17)14(19)20-13-10-8-11-21-13/h8,10-12H,2-7,9H2,1H3,(H4,16,17,18). The van der Waals surface area contributed by atoms with Crippen molar-refractivity contribution in [3.63, 3.8) is 0 Å². The number of thiophene rings is 1. The Balaban J connectivity index is 2.36. The Morgan fingerprint density at radius 1 is 1.38 bits per heavy atom. The highest BCUT2D eigenvalue weighted by molar-refractivity contribution is 7.11. The Morgan fingerprint density at radius 3 is 2.71 bits per heavy atom. The van der Waals surface area contributed by atoms with Gasteiger partial charge in [-0.05, 0) is 23.9 Å². The molecule has 0 spiro atoms. The number of hydrogen-bond acceptors (Lipinski definition) is 4. The van der Waals surface area contributed by atoms with E-state index in [0.717, 1.165) is 12.8 Å². The maximum absolute atomic E-state index is 12.1. The minimum Gasteiger partial charge on any atom is -0.414 e. The fraction of sp³-hybridized carbons (Fsp3) is 0.600. The van der Waals surface area contributed by atoms with Crippen LogP contribution in [0.25, 0.3) is 0 Å². The van der Waals surface area contributed by atoms with Crippen LogP contribution in [0.4, 0.5) is 0 Å². The molecule has 1 rings (SSSR count). The zero-order valence-electron chi connectivity index (χ0n) is 12.6. The summed E-state index contributed by atoms with van der Waals surface area (Å²) in [6.45, 7) is 2.19. The summed E-state index contributed by atoms with van der Waals surface area (Å²) in [5, 5.41) is 12.4. The molecule has 6 heteroatoms. The van der Waals surface area contributed by atoms with Crippen LogP contribution in [0, 0.1) is 5.41 Å². The second kappa shape index (κ2) is 10.2. The van der Waals surface area contributed by atoms with E-state index in [9.17, 15) is 4.79 Å². The van der Waals surface area contributed by atoms with E-state index in [-0.39, 0.29) is 11.9 Å². The Labute approximate surface area is 130 Å². The van der Waals surface area contributed by atoms with Crippen LogP contribution in [-0.4, -0.2) is 18.0 Å². The number of hydrogen-bond donors (Lipinski definition) is 3. The molecule has 1 heterocycles. The Bertz CT molecular complexity index is 421. The van der Waals surface area contributed by atoms with Crippen molar-refractivity contribution in [1.82, 2.24) is 5.32 Å². The second-order valence-electron chi connectivity index (χ2n) is 5.02. The lowest BCUT2D eigenvalue weighted by atomic mass is 10.1. The van der Waals surface area contributed by atoms with E-state index < -0.39 is 6.04 Å². The van der Waals surface area contributed by atoms with Crippen LogP contribution >= 0.6 is 11.3 Å². The molecule has 1 atom stereocenters. The van der Waals surface area contributed by atoms with Crippen LogP contribution < -0.4 is 15.8 Å². The van der Waals surface area contributed by atoms with Crippen LogP contribution in [0.2, 0.25) is 0 Å². The molecular weight excluding hydrogens is 286 g/mol. The molecule has 0 saturated carbocycles. The molecule has 1 aromatic heterocycles. The lowest BCUT2D eigenvalue weighted by molar-refractivity contribution is -0.136. The molecule has 1 aromatic rings. The zero-order valence-corrected chi connectivity index (χ0v) is 13.4. The van der Waals surface area contributed by atoms with E-state index in [2.05, 4.69) is 12.2 Å². The highest BCUT2D eigenvalue weighted by Gasteiger charge is 2.21. The van der Waals surface area contributed by atoms with Crippen LogP contribution in [0.5, 0.6) is 5.06 Å². The van der Waals surface area contributed by atoms with Gasteiger partial charge in [-0.3, -0.25) is 5.41 Å². The van der Waals surface area contributed by atoms with Gasteiger partial charge in [-0.2, -0.15) is 0 Å². The van der Waals surface area contributed by atoms with Crippen molar-refractivity contribution in [3.05, 3.63) is 17.5 Å². The van der Waals surface area contributed by atoms with Crippen LogP contribution in [0.3, 0.4) is 0 Å². The van der Waals surface area contributed by atoms with Gasteiger partial charge in [0.2, 0.25) is 0 Å². The van der Waals surface area contributed by atoms with E-state index in [1.807, 2.05) is 11.4 Å². The SMILES string of the molecule is CCCCCCCCC(NC(=N)N)C(=O)Oc1cccs1. The van der Waals surface area contributed by atoms with Gasteiger partial charge in [-0.1, -0.05) is 45.4 Å². The summed E-state index contributed by atoms with van der Waals surface area (Å²) >= 11 is 1.37. The number of ether oxygens (including phenoxy) is 1. The maximum Gasteiger partial charge on any atom is 0.334 e. The van der Waals surface area contributed by atoms with Crippen molar-refractivity contribution < 1.29 is 9.53 Å². The van der Waals surface area contributed by atoms with Gasteiger partial charge < -0.3 is 15.8 Å². The monoisotopic (exact) mass is 311 g/mol. The number of nitrogens with one attached hydrogen (secondary N) is 2. The van der Waals surface area contributed by atoms with Gasteiger partial charge in [0.15, 0.2) is 11.0 Å². The summed E-state index contributed by atoms with van der Waals surface area (Å²) in [5.41, 5.74) is 5.34. The first-order chi connectivity index (χ1) is 10.1. The normalized spacial score (nSPS) is 11.9. The smallest absolute Gasteiger partial charge is 0.334 e. The fourth-order valence-corrected chi connectivity index (χ4v) is 2.64. The minimum atomic E-state index is -0.546. The molecule has 0 aliphatic carbocycles. The van der Waals surface area contributed by atoms with Gasteiger partial charge in [0.05, 0.1) is 0 Å². The average Bonchev–Trinajstić information content (AvgIpc) is 2.93. The molecule has 0 aliphatic heterocycles. The van der Waals surface area contributed by atoms with Crippen molar-refractivity contribution >= 4 is 23.3 Å². The molecule has 4 N–H and O–H groups in total. The lowest BCUT2D eigenvalue weighted by Crippen LogP contribution is -2.45. The van der Waals surface area contributed by atoms with E-state index >= 15 is 0 Å². The Hall–Kier alpha value is -1.56. The van der Waals surface area contributed by atoms with Crippen molar-refractivity contribution in [2.75, 3.05) is 0 Å². The van der Waals surface area contributed by atoms with Crippen LogP contribution in [0.1, 0.15) is 51.9 Å². The number of unbranched alkanes of at least 4 members (excludes halogenated alkanes) is 5. The molecule has 5 nitrogen and oxygen atoms in total. The summed E-state index contributed by atoms with van der Waals surface area (Å²) in [7, 11) is 0. The maximum atomic E-state index is 12.1. The number of nitrogens with two attached hydrogens (primary N) is 1. The topological polar surface area (TPSA) is 88.2 Å². The highest BCUT2D eigenvalue weighted by Crippen LogP contribution is 2.19. The molecule has 0 fully saturated rings. The van der Waals surface area contributed by atoms with Gasteiger partial charge in [0, 0.05) is 0 Å². The summed E-state index contributed by atoms with van der Waals surface area (Å²) < 4.78 is 5.28. The Kier molecular flexibility index (Phi) is 8.50. The molecule has 0 amide bonds. The first-order valence-electron chi connectivity index (χ1n) is 7.49. The number of carbonyl (C=O) groups is 1. The van der Waals surface area contributed by atoms with Crippen molar-refractivity contribution in [2.24, 2.45) is 5.73 Å². The fourth-order valence-electron chi connectivity index (χ4n) is 2.06. The number of carbonyl (C=O) groups excluding carboxylic acids is 1. The van der Waals surface area contributed by atoms with Crippen molar-refractivity contribution in [2.45, 2.75) is 57.9 Å². The third-order valence-corrected chi connectivity index (χ3v) is 3.90. The van der Waals surface area contributed by atoms with Gasteiger partial charge in [0.25, 0.3) is 0 Å². The molecular formula is C15H25N3O2S. The molecule has 0 aliphatic rings. The largest absolute Gasteiger partial charge is 0.414 e. The molecule has 118 valence electrons. The van der Waals surface area contributed by atoms with E-state index in [1.165, 1.54) is 37.0 Å². The summed E-state index contributed by atoms with van der Waals surface area (Å²) in [6, 6.07) is 3.03. The Morgan fingerprint density at radius 2 is 2.10 bits per heavy atom. The van der Waals surface area contributed by atoms with Gasteiger partial charge in [-0.25, -0.2) is 4.79 Å². The van der Waals surface area contributed by atoms with Crippen LogP contribution in [-0.2, 0) is 4.79 Å². The third-order valence-electron chi connectivity index (χ3n) is 3.16. The van der Waals surface area contributed by atoms with Gasteiger partial charge >= 0.3 is 5.97 Å². The highest BCUT2D eigenvalue weighted by atomic mass is 32.1. The predicted octanol–water partition coefficient (Wildman–Crippen LogP) is 3.26. The zero-order chi connectivity index (χ0) is 15.5. The van der Waals surface area contributed by atoms with Crippen molar-refractivity contribution in [3.8, 4) is 5.06 Å². The van der Waals surface area contributed by atoms with Crippen molar-refractivity contribution in [1.29, 1.82) is 5.41 Å². The van der Waals surface area contributed by atoms with Gasteiger partial charge in [0.1, 0.15) is 6.04 Å². The molecule has 0 saturated heterocycles. The second-order valence-corrected chi connectivity index (χ2v) is 5.93.